The maximum absolute atomic E-state index is 12.0. The summed E-state index contributed by atoms with van der Waals surface area (Å²) in [4.78, 5) is 12.0. The zero-order valence-electron chi connectivity index (χ0n) is 12.3. The molecule has 0 aromatic heterocycles. The Morgan fingerprint density at radius 3 is 2.85 bits per heavy atom. The lowest BCUT2D eigenvalue weighted by Gasteiger charge is -2.21. The third-order valence-electron chi connectivity index (χ3n) is 3.57. The van der Waals surface area contributed by atoms with Crippen LogP contribution in [0.5, 0.6) is 0 Å². The zero-order chi connectivity index (χ0) is 14.4. The van der Waals surface area contributed by atoms with E-state index in [4.69, 9.17) is 0 Å². The van der Waals surface area contributed by atoms with Crippen molar-refractivity contribution < 1.29 is 4.79 Å². The van der Waals surface area contributed by atoms with Crippen molar-refractivity contribution in [1.82, 2.24) is 5.32 Å². The predicted octanol–water partition coefficient (Wildman–Crippen LogP) is 3.23. The quantitative estimate of drug-likeness (QED) is 0.875. The van der Waals surface area contributed by atoms with Gasteiger partial charge in [0.15, 0.2) is 0 Å². The molecule has 1 aromatic rings. The van der Waals surface area contributed by atoms with Gasteiger partial charge in [-0.25, -0.2) is 0 Å². The third kappa shape index (κ3) is 4.84. The van der Waals surface area contributed by atoms with E-state index < -0.39 is 0 Å². The van der Waals surface area contributed by atoms with Crippen LogP contribution in [0.1, 0.15) is 38.2 Å². The van der Waals surface area contributed by atoms with E-state index in [0.29, 0.717) is 16.9 Å². The van der Waals surface area contributed by atoms with Crippen LogP contribution in [0.4, 0.5) is 5.69 Å². The van der Waals surface area contributed by atoms with Crippen LogP contribution in [0.2, 0.25) is 0 Å². The summed E-state index contributed by atoms with van der Waals surface area (Å²) in [7, 11) is 0. The minimum Gasteiger partial charge on any atom is -0.325 e. The zero-order valence-corrected chi connectivity index (χ0v) is 13.1. The molecule has 0 aliphatic carbocycles. The summed E-state index contributed by atoms with van der Waals surface area (Å²) >= 11 is 1.78. The number of carbonyl (C=O) groups is 1. The lowest BCUT2D eigenvalue weighted by Crippen LogP contribution is -2.30. The van der Waals surface area contributed by atoms with Gasteiger partial charge >= 0.3 is 0 Å². The average molecular weight is 292 g/mol. The third-order valence-corrected chi connectivity index (χ3v) is 4.95. The first-order valence-corrected chi connectivity index (χ1v) is 8.42. The molecule has 1 saturated heterocycles. The van der Waals surface area contributed by atoms with Crippen LogP contribution >= 0.6 is 11.8 Å². The van der Waals surface area contributed by atoms with E-state index >= 15 is 0 Å². The van der Waals surface area contributed by atoms with Crippen LogP contribution in [0.25, 0.3) is 0 Å². The highest BCUT2D eigenvalue weighted by atomic mass is 32.2. The average Bonchev–Trinajstić information content (AvgIpc) is 2.46. The van der Waals surface area contributed by atoms with Gasteiger partial charge in [-0.1, -0.05) is 26.0 Å². The molecule has 1 aliphatic rings. The van der Waals surface area contributed by atoms with Crippen molar-refractivity contribution in [3.05, 3.63) is 29.8 Å². The molecule has 2 rings (SSSR count). The fourth-order valence-electron chi connectivity index (χ4n) is 2.33. The molecule has 0 radical (unpaired) electrons. The molecular weight excluding hydrogens is 268 g/mol. The van der Waals surface area contributed by atoms with Gasteiger partial charge in [-0.3, -0.25) is 4.79 Å². The van der Waals surface area contributed by atoms with Gasteiger partial charge in [0.25, 0.3) is 0 Å². The smallest absolute Gasteiger partial charge is 0.234 e. The van der Waals surface area contributed by atoms with E-state index in [2.05, 4.69) is 36.6 Å². The molecule has 2 N–H and O–H groups in total. The van der Waals surface area contributed by atoms with Crippen molar-refractivity contribution in [2.24, 2.45) is 0 Å². The first-order chi connectivity index (χ1) is 9.65. The van der Waals surface area contributed by atoms with Gasteiger partial charge in [-0.15, -0.1) is 11.8 Å². The Hall–Kier alpha value is -1.00. The number of benzene rings is 1. The maximum Gasteiger partial charge on any atom is 0.234 e. The Labute approximate surface area is 125 Å². The molecular formula is C16H24N2OS. The Morgan fingerprint density at radius 1 is 1.40 bits per heavy atom. The number of rotatable bonds is 5. The van der Waals surface area contributed by atoms with Crippen molar-refractivity contribution >= 4 is 23.4 Å². The molecule has 4 heteroatoms. The molecule has 1 aliphatic heterocycles. The summed E-state index contributed by atoms with van der Waals surface area (Å²) in [5.41, 5.74) is 2.17. The van der Waals surface area contributed by atoms with Crippen molar-refractivity contribution in [2.75, 3.05) is 24.2 Å². The number of anilines is 1. The molecule has 1 aromatic carbocycles. The van der Waals surface area contributed by atoms with Gasteiger partial charge < -0.3 is 10.6 Å². The Balaban J connectivity index is 1.80. The highest BCUT2D eigenvalue weighted by molar-refractivity contribution is 8.00. The molecule has 0 unspecified atom stereocenters. The Morgan fingerprint density at radius 2 is 2.15 bits per heavy atom. The lowest BCUT2D eigenvalue weighted by molar-refractivity contribution is -0.113. The van der Waals surface area contributed by atoms with E-state index in [1.54, 1.807) is 11.8 Å². The van der Waals surface area contributed by atoms with Crippen LogP contribution in [0, 0.1) is 0 Å². The molecule has 3 nitrogen and oxygen atoms in total. The van der Waals surface area contributed by atoms with Gasteiger partial charge in [-0.2, -0.15) is 0 Å². The molecule has 1 fully saturated rings. The summed E-state index contributed by atoms with van der Waals surface area (Å²) in [6.07, 6.45) is 2.33. The van der Waals surface area contributed by atoms with Gasteiger partial charge in [0.1, 0.15) is 0 Å². The highest BCUT2D eigenvalue weighted by Gasteiger charge is 2.15. The van der Waals surface area contributed by atoms with Gasteiger partial charge in [-0.05, 0) is 49.5 Å². The summed E-state index contributed by atoms with van der Waals surface area (Å²) in [6.45, 7) is 6.48. The number of amides is 1. The predicted molar refractivity (Wildman–Crippen MR) is 87.5 cm³/mol. The molecule has 0 spiro atoms. The normalized spacial score (nSPS) is 16.4. The SMILES string of the molecule is CC(C)c1cccc(NC(=O)CSC2CCNCC2)c1. The fraction of sp³-hybridized carbons (Fsp3) is 0.562. The van der Waals surface area contributed by atoms with E-state index in [1.807, 2.05) is 12.1 Å². The molecule has 20 heavy (non-hydrogen) atoms. The molecule has 1 heterocycles. The minimum atomic E-state index is 0.106. The summed E-state index contributed by atoms with van der Waals surface area (Å²) in [5.74, 6) is 1.14. The summed E-state index contributed by atoms with van der Waals surface area (Å²) in [6, 6.07) is 8.13. The van der Waals surface area contributed by atoms with Crippen LogP contribution in [0.15, 0.2) is 24.3 Å². The van der Waals surface area contributed by atoms with Crippen LogP contribution in [-0.2, 0) is 4.79 Å². The van der Waals surface area contributed by atoms with Gasteiger partial charge in [0, 0.05) is 10.9 Å². The van der Waals surface area contributed by atoms with E-state index in [0.717, 1.165) is 18.8 Å². The molecule has 1 amide bonds. The van der Waals surface area contributed by atoms with Crippen LogP contribution < -0.4 is 10.6 Å². The van der Waals surface area contributed by atoms with Gasteiger partial charge in [0.05, 0.1) is 5.75 Å². The first-order valence-electron chi connectivity index (χ1n) is 7.37. The van der Waals surface area contributed by atoms with Gasteiger partial charge in [0.2, 0.25) is 5.91 Å². The van der Waals surface area contributed by atoms with Crippen molar-refractivity contribution in [3.63, 3.8) is 0 Å². The minimum absolute atomic E-state index is 0.106. The Kier molecular flexibility index (Phi) is 5.92. The summed E-state index contributed by atoms with van der Waals surface area (Å²) in [5, 5.41) is 6.98. The number of piperidine rings is 1. The number of thioether (sulfide) groups is 1. The fourth-order valence-corrected chi connectivity index (χ4v) is 3.36. The second-order valence-electron chi connectivity index (χ2n) is 5.59. The van der Waals surface area contributed by atoms with Crippen molar-refractivity contribution in [3.8, 4) is 0 Å². The molecule has 0 saturated carbocycles. The first kappa shape index (κ1) is 15.4. The lowest BCUT2D eigenvalue weighted by atomic mass is 10.0. The van der Waals surface area contributed by atoms with E-state index in [1.165, 1.54) is 18.4 Å². The summed E-state index contributed by atoms with van der Waals surface area (Å²) < 4.78 is 0. The standard InChI is InChI=1S/C16H24N2OS/c1-12(2)13-4-3-5-14(10-13)18-16(19)11-20-15-6-8-17-9-7-15/h3-5,10,12,15,17H,6-9,11H2,1-2H3,(H,18,19). The van der Waals surface area contributed by atoms with Crippen LogP contribution in [-0.4, -0.2) is 30.0 Å². The van der Waals surface area contributed by atoms with Crippen molar-refractivity contribution in [2.45, 2.75) is 37.9 Å². The largest absolute Gasteiger partial charge is 0.325 e. The number of nitrogens with one attached hydrogen (secondary N) is 2. The monoisotopic (exact) mass is 292 g/mol. The Bertz CT molecular complexity index is 442. The van der Waals surface area contributed by atoms with E-state index in [9.17, 15) is 4.79 Å². The number of carbonyl (C=O) groups excluding carboxylic acids is 1. The molecule has 110 valence electrons. The van der Waals surface area contributed by atoms with Crippen LogP contribution in [0.3, 0.4) is 0 Å². The number of hydrogen-bond donors (Lipinski definition) is 2. The second-order valence-corrected chi connectivity index (χ2v) is 6.88. The topological polar surface area (TPSA) is 41.1 Å². The molecule has 0 atom stereocenters. The molecule has 0 bridgehead atoms. The maximum atomic E-state index is 12.0. The number of hydrogen-bond acceptors (Lipinski definition) is 3. The van der Waals surface area contributed by atoms with Crippen molar-refractivity contribution in [1.29, 1.82) is 0 Å². The second kappa shape index (κ2) is 7.70. The van der Waals surface area contributed by atoms with E-state index in [-0.39, 0.29) is 5.91 Å². The highest BCUT2D eigenvalue weighted by Crippen LogP contribution is 2.21.